The number of aliphatic imine (C=N–C) groups is 2. The Kier molecular flexibility index (Phi) is 4.58. The normalized spacial score (nSPS) is 13.3. The maximum Gasteiger partial charge on any atom is 0.161 e. The molecule has 7 heteroatoms. The highest BCUT2D eigenvalue weighted by Gasteiger charge is 2.26. The minimum Gasteiger partial charge on any atom is -0.327 e. The number of benzene rings is 2. The predicted octanol–water partition coefficient (Wildman–Crippen LogP) is 5.63. The molecule has 0 spiro atoms. The van der Waals surface area contributed by atoms with Gasteiger partial charge in [-0.1, -0.05) is 6.07 Å². The van der Waals surface area contributed by atoms with Gasteiger partial charge in [0.2, 0.25) is 0 Å². The first-order chi connectivity index (χ1) is 13.5. The molecule has 0 bridgehead atoms. The highest BCUT2D eigenvalue weighted by molar-refractivity contribution is 5.84. The van der Waals surface area contributed by atoms with Crippen LogP contribution in [0.4, 0.5) is 24.5 Å². The van der Waals surface area contributed by atoms with Crippen LogP contribution in [0.3, 0.4) is 0 Å². The standard InChI is InChI=1S/C21H17F3N4/c1-3-26-18-9-12(6-7-17(18)25-2)21-20(27-19-5-4-8-28(19)21)13-10-15(23)16(24)11-14(13)22/h3,6-7,9-11H,2,4-5,8H2,1H3/b26-3-. The summed E-state index contributed by atoms with van der Waals surface area (Å²) < 4.78 is 43.7. The van der Waals surface area contributed by atoms with Crippen molar-refractivity contribution in [3.05, 3.63) is 53.6 Å². The number of fused-ring (bicyclic) bond motifs is 1. The molecule has 0 amide bonds. The highest BCUT2D eigenvalue weighted by Crippen LogP contribution is 2.40. The molecular formula is C21H17F3N4. The average Bonchev–Trinajstić information content (AvgIpc) is 3.26. The van der Waals surface area contributed by atoms with Crippen LogP contribution in [0.25, 0.3) is 22.5 Å². The van der Waals surface area contributed by atoms with Gasteiger partial charge in [0.15, 0.2) is 11.6 Å². The van der Waals surface area contributed by atoms with Crippen molar-refractivity contribution >= 4 is 24.3 Å². The lowest BCUT2D eigenvalue weighted by atomic mass is 10.0. The SMILES string of the molecule is C=Nc1ccc(-c2c(-c3cc(F)c(F)cc3F)nc3n2CCC3)cc1/N=C\C. The Bertz CT molecular complexity index is 1120. The molecular weight excluding hydrogens is 365 g/mol. The second-order valence-electron chi connectivity index (χ2n) is 6.48. The summed E-state index contributed by atoms with van der Waals surface area (Å²) in [6, 6.07) is 6.81. The van der Waals surface area contributed by atoms with Crippen molar-refractivity contribution in [2.45, 2.75) is 26.3 Å². The van der Waals surface area contributed by atoms with Gasteiger partial charge in [-0.05, 0) is 38.3 Å². The second-order valence-corrected chi connectivity index (χ2v) is 6.48. The van der Waals surface area contributed by atoms with E-state index in [0.717, 1.165) is 36.8 Å². The van der Waals surface area contributed by atoms with Crippen molar-refractivity contribution < 1.29 is 13.2 Å². The van der Waals surface area contributed by atoms with Crippen molar-refractivity contribution in [2.24, 2.45) is 9.98 Å². The van der Waals surface area contributed by atoms with Crippen molar-refractivity contribution in [3.63, 3.8) is 0 Å². The van der Waals surface area contributed by atoms with E-state index in [4.69, 9.17) is 0 Å². The first-order valence-electron chi connectivity index (χ1n) is 8.87. The first kappa shape index (κ1) is 18.2. The van der Waals surface area contributed by atoms with Crippen molar-refractivity contribution in [3.8, 4) is 22.5 Å². The van der Waals surface area contributed by atoms with Crippen LogP contribution >= 0.6 is 0 Å². The first-order valence-corrected chi connectivity index (χ1v) is 8.87. The fourth-order valence-corrected chi connectivity index (χ4v) is 3.56. The number of hydrogen-bond acceptors (Lipinski definition) is 3. The van der Waals surface area contributed by atoms with Gasteiger partial charge in [-0.3, -0.25) is 9.98 Å². The second kappa shape index (κ2) is 7.07. The van der Waals surface area contributed by atoms with Crippen LogP contribution in [-0.2, 0) is 13.0 Å². The van der Waals surface area contributed by atoms with Gasteiger partial charge in [-0.15, -0.1) is 0 Å². The van der Waals surface area contributed by atoms with E-state index in [9.17, 15) is 13.2 Å². The molecule has 2 aromatic carbocycles. The van der Waals surface area contributed by atoms with Crippen LogP contribution in [0, 0.1) is 17.5 Å². The van der Waals surface area contributed by atoms with E-state index in [1.54, 1.807) is 19.2 Å². The summed E-state index contributed by atoms with van der Waals surface area (Å²) in [5.41, 5.74) is 2.84. The Labute approximate surface area is 160 Å². The van der Waals surface area contributed by atoms with E-state index < -0.39 is 17.5 Å². The third-order valence-corrected chi connectivity index (χ3v) is 4.78. The predicted molar refractivity (Wildman–Crippen MR) is 104 cm³/mol. The lowest BCUT2D eigenvalue weighted by molar-refractivity contribution is 0.496. The van der Waals surface area contributed by atoms with Gasteiger partial charge < -0.3 is 4.57 Å². The van der Waals surface area contributed by atoms with E-state index in [1.165, 1.54) is 0 Å². The van der Waals surface area contributed by atoms with E-state index in [0.29, 0.717) is 23.1 Å². The molecule has 142 valence electrons. The zero-order valence-electron chi connectivity index (χ0n) is 15.2. The minimum absolute atomic E-state index is 0.0673. The van der Waals surface area contributed by atoms with Gasteiger partial charge in [0, 0.05) is 36.4 Å². The van der Waals surface area contributed by atoms with Gasteiger partial charge in [0.25, 0.3) is 0 Å². The Morgan fingerprint density at radius 2 is 1.86 bits per heavy atom. The number of aromatic nitrogens is 2. The number of aryl methyl sites for hydroxylation is 1. The Hall–Kier alpha value is -3.22. The molecule has 0 N–H and O–H groups in total. The molecule has 1 aromatic heterocycles. The van der Waals surface area contributed by atoms with Crippen LogP contribution < -0.4 is 0 Å². The lowest BCUT2D eigenvalue weighted by Crippen LogP contribution is -1.98. The zero-order chi connectivity index (χ0) is 19.8. The van der Waals surface area contributed by atoms with Crippen LogP contribution in [-0.4, -0.2) is 22.5 Å². The molecule has 2 heterocycles. The summed E-state index contributed by atoms with van der Waals surface area (Å²) in [5, 5.41) is 0. The van der Waals surface area contributed by atoms with Gasteiger partial charge in [0.1, 0.15) is 11.6 Å². The number of halogens is 3. The largest absolute Gasteiger partial charge is 0.327 e. The Morgan fingerprint density at radius 1 is 1.07 bits per heavy atom. The maximum atomic E-state index is 14.5. The molecule has 0 aliphatic carbocycles. The number of rotatable bonds is 4. The molecule has 1 aliphatic rings. The van der Waals surface area contributed by atoms with E-state index in [1.807, 2.05) is 16.7 Å². The van der Waals surface area contributed by atoms with Gasteiger partial charge in [-0.25, -0.2) is 18.2 Å². The summed E-state index contributed by atoms with van der Waals surface area (Å²) in [4.78, 5) is 12.8. The summed E-state index contributed by atoms with van der Waals surface area (Å²) >= 11 is 0. The monoisotopic (exact) mass is 382 g/mol. The molecule has 0 fully saturated rings. The van der Waals surface area contributed by atoms with E-state index in [-0.39, 0.29) is 11.3 Å². The molecule has 0 atom stereocenters. The van der Waals surface area contributed by atoms with Crippen LogP contribution in [0.15, 0.2) is 40.3 Å². The third-order valence-electron chi connectivity index (χ3n) is 4.78. The highest BCUT2D eigenvalue weighted by atomic mass is 19.2. The van der Waals surface area contributed by atoms with Gasteiger partial charge >= 0.3 is 0 Å². The number of nitrogens with zero attached hydrogens (tertiary/aromatic N) is 4. The lowest BCUT2D eigenvalue weighted by Gasteiger charge is -2.11. The average molecular weight is 382 g/mol. The molecule has 0 unspecified atom stereocenters. The quantitative estimate of drug-likeness (QED) is 0.426. The van der Waals surface area contributed by atoms with Gasteiger partial charge in [0.05, 0.1) is 22.8 Å². The minimum atomic E-state index is -1.23. The number of hydrogen-bond donors (Lipinski definition) is 0. The molecule has 1 aliphatic heterocycles. The van der Waals surface area contributed by atoms with Gasteiger partial charge in [-0.2, -0.15) is 0 Å². The summed E-state index contributed by atoms with van der Waals surface area (Å²) in [5.74, 6) is -2.40. The summed E-state index contributed by atoms with van der Waals surface area (Å²) in [6.07, 6.45) is 3.30. The van der Waals surface area contributed by atoms with E-state index in [2.05, 4.69) is 21.7 Å². The fourth-order valence-electron chi connectivity index (χ4n) is 3.56. The zero-order valence-corrected chi connectivity index (χ0v) is 15.2. The molecule has 0 saturated heterocycles. The van der Waals surface area contributed by atoms with Crippen molar-refractivity contribution in [2.75, 3.05) is 0 Å². The molecule has 3 aromatic rings. The van der Waals surface area contributed by atoms with Crippen LogP contribution in [0.1, 0.15) is 19.2 Å². The third kappa shape index (κ3) is 2.93. The van der Waals surface area contributed by atoms with Crippen LogP contribution in [0.5, 0.6) is 0 Å². The molecule has 4 nitrogen and oxygen atoms in total. The smallest absolute Gasteiger partial charge is 0.161 e. The van der Waals surface area contributed by atoms with Crippen LogP contribution in [0.2, 0.25) is 0 Å². The maximum absolute atomic E-state index is 14.5. The molecule has 0 saturated carbocycles. The van der Waals surface area contributed by atoms with E-state index >= 15 is 0 Å². The Balaban J connectivity index is 1.97. The molecule has 4 rings (SSSR count). The summed E-state index contributed by atoms with van der Waals surface area (Å²) in [7, 11) is 0. The number of imidazole rings is 1. The topological polar surface area (TPSA) is 42.5 Å². The molecule has 28 heavy (non-hydrogen) atoms. The summed E-state index contributed by atoms with van der Waals surface area (Å²) in [6.45, 7) is 6.06. The Morgan fingerprint density at radius 3 is 2.61 bits per heavy atom. The fraction of sp³-hybridized carbons (Fsp3) is 0.190. The molecule has 0 radical (unpaired) electrons. The van der Waals surface area contributed by atoms with Crippen molar-refractivity contribution in [1.29, 1.82) is 0 Å². The van der Waals surface area contributed by atoms with Crippen molar-refractivity contribution in [1.82, 2.24) is 9.55 Å².